The summed E-state index contributed by atoms with van der Waals surface area (Å²) in [6.07, 6.45) is -3.82. The van der Waals surface area contributed by atoms with E-state index in [-0.39, 0.29) is 17.2 Å². The minimum absolute atomic E-state index is 0.00244. The number of halogens is 4. The minimum Gasteiger partial charge on any atom is -0.403 e. The van der Waals surface area contributed by atoms with Gasteiger partial charge in [0.05, 0.1) is 12.6 Å². The predicted octanol–water partition coefficient (Wildman–Crippen LogP) is 2.17. The summed E-state index contributed by atoms with van der Waals surface area (Å²) in [5.74, 6) is -2.93. The quantitative estimate of drug-likeness (QED) is 0.588. The number of H-pyrrole nitrogens is 1. The van der Waals surface area contributed by atoms with E-state index in [0.717, 1.165) is 18.2 Å². The number of ether oxygens (including phenoxy) is 2. The summed E-state index contributed by atoms with van der Waals surface area (Å²) in [4.78, 5) is 31.3. The van der Waals surface area contributed by atoms with Crippen LogP contribution < -0.4 is 15.6 Å². The maximum Gasteiger partial charge on any atom is 0.573 e. The highest BCUT2D eigenvalue weighted by Gasteiger charge is 2.32. The Morgan fingerprint density at radius 2 is 2.03 bits per heavy atom. The van der Waals surface area contributed by atoms with E-state index >= 15 is 0 Å². The number of carbonyl (C=O) groups excluding carboxylic acids is 1. The van der Waals surface area contributed by atoms with E-state index in [2.05, 4.69) is 20.0 Å². The van der Waals surface area contributed by atoms with Crippen molar-refractivity contribution >= 4 is 5.91 Å². The molecule has 2 heterocycles. The van der Waals surface area contributed by atoms with Crippen LogP contribution in [0.25, 0.3) is 0 Å². The fourth-order valence-corrected chi connectivity index (χ4v) is 3.17. The molecule has 0 saturated carbocycles. The SMILES string of the molecule is O=C(NC(CO)c1ccc(OC(F)(F)F)c(F)c1)c1cc(=O)[nH]c(C2CCOCC2)n1. The van der Waals surface area contributed by atoms with Crippen LogP contribution in [0.1, 0.15) is 46.7 Å². The van der Waals surface area contributed by atoms with E-state index in [1.54, 1.807) is 0 Å². The molecule has 3 N–H and O–H groups in total. The molecule has 31 heavy (non-hydrogen) atoms. The molecule has 1 aromatic heterocycles. The molecule has 8 nitrogen and oxygen atoms in total. The molecule has 1 fully saturated rings. The van der Waals surface area contributed by atoms with Crippen molar-refractivity contribution in [3.63, 3.8) is 0 Å². The van der Waals surface area contributed by atoms with Crippen LogP contribution >= 0.6 is 0 Å². The minimum atomic E-state index is -5.07. The number of benzene rings is 1. The van der Waals surface area contributed by atoms with Crippen molar-refractivity contribution in [2.45, 2.75) is 31.2 Å². The fourth-order valence-electron chi connectivity index (χ4n) is 3.17. The average Bonchev–Trinajstić information content (AvgIpc) is 2.72. The number of hydrogen-bond donors (Lipinski definition) is 3. The summed E-state index contributed by atoms with van der Waals surface area (Å²) in [6.45, 7) is 0.314. The monoisotopic (exact) mass is 445 g/mol. The van der Waals surface area contributed by atoms with Gasteiger partial charge in [-0.3, -0.25) is 9.59 Å². The number of nitrogens with one attached hydrogen (secondary N) is 2. The Hall–Kier alpha value is -2.99. The molecule has 168 valence electrons. The first-order valence-corrected chi connectivity index (χ1v) is 9.32. The van der Waals surface area contributed by atoms with E-state index in [0.29, 0.717) is 37.9 Å². The van der Waals surface area contributed by atoms with Crippen LogP contribution in [0.15, 0.2) is 29.1 Å². The number of carbonyl (C=O) groups is 1. The standard InChI is InChI=1S/C19H19F4N3O5/c20-12-7-11(1-2-15(12)31-19(21,22)23)14(9-27)25-18(29)13-8-16(28)26-17(24-13)10-3-5-30-6-4-10/h1-2,7-8,10,14,27H,3-6,9H2,(H,25,29)(H,24,26,28). The van der Waals surface area contributed by atoms with Gasteiger partial charge < -0.3 is 24.9 Å². The van der Waals surface area contributed by atoms with E-state index in [4.69, 9.17) is 4.74 Å². The predicted molar refractivity (Wildman–Crippen MR) is 98.0 cm³/mol. The fraction of sp³-hybridized carbons (Fsp3) is 0.421. The van der Waals surface area contributed by atoms with Crippen molar-refractivity contribution in [3.8, 4) is 5.75 Å². The largest absolute Gasteiger partial charge is 0.573 e. The van der Waals surface area contributed by atoms with Crippen molar-refractivity contribution in [3.05, 3.63) is 57.5 Å². The van der Waals surface area contributed by atoms with Gasteiger partial charge in [-0.1, -0.05) is 6.07 Å². The van der Waals surface area contributed by atoms with Crippen molar-refractivity contribution < 1.29 is 36.9 Å². The van der Waals surface area contributed by atoms with E-state index in [9.17, 15) is 32.3 Å². The summed E-state index contributed by atoms with van der Waals surface area (Å²) in [6, 6.07) is 2.34. The summed E-state index contributed by atoms with van der Waals surface area (Å²) in [7, 11) is 0. The Morgan fingerprint density at radius 1 is 1.32 bits per heavy atom. The maximum absolute atomic E-state index is 14.0. The second-order valence-electron chi connectivity index (χ2n) is 6.85. The number of aromatic nitrogens is 2. The topological polar surface area (TPSA) is 114 Å². The van der Waals surface area contributed by atoms with Crippen molar-refractivity contribution in [2.24, 2.45) is 0 Å². The number of nitrogens with zero attached hydrogens (tertiary/aromatic N) is 1. The Labute approximate surface area is 173 Å². The molecule has 1 saturated heterocycles. The molecule has 3 rings (SSSR count). The van der Waals surface area contributed by atoms with Gasteiger partial charge in [0.25, 0.3) is 11.5 Å². The second kappa shape index (κ2) is 9.43. The lowest BCUT2D eigenvalue weighted by Gasteiger charge is -2.21. The molecular formula is C19H19F4N3O5. The molecule has 1 aliphatic heterocycles. The Kier molecular flexibility index (Phi) is 6.91. The molecule has 1 amide bonds. The third-order valence-electron chi connectivity index (χ3n) is 4.67. The normalized spacial score (nSPS) is 16.0. The van der Waals surface area contributed by atoms with E-state index in [1.807, 2.05) is 0 Å². The van der Waals surface area contributed by atoms with Crippen LogP contribution in [0.2, 0.25) is 0 Å². The van der Waals surface area contributed by atoms with Gasteiger partial charge in [0.15, 0.2) is 11.6 Å². The number of aliphatic hydroxyl groups is 1. The first kappa shape index (κ1) is 22.7. The molecule has 12 heteroatoms. The first-order chi connectivity index (χ1) is 14.7. The van der Waals surface area contributed by atoms with Gasteiger partial charge >= 0.3 is 6.36 Å². The van der Waals surface area contributed by atoms with Gasteiger partial charge in [-0.2, -0.15) is 0 Å². The van der Waals surface area contributed by atoms with Gasteiger partial charge in [-0.15, -0.1) is 13.2 Å². The number of alkyl halides is 3. The van der Waals surface area contributed by atoms with Crippen molar-refractivity contribution in [1.29, 1.82) is 0 Å². The molecule has 1 atom stereocenters. The Bertz CT molecular complexity index is 989. The van der Waals surface area contributed by atoms with Gasteiger partial charge in [-0.25, -0.2) is 9.37 Å². The summed E-state index contributed by atoms with van der Waals surface area (Å²) in [5, 5.41) is 12.0. The molecule has 0 spiro atoms. The summed E-state index contributed by atoms with van der Waals surface area (Å²) in [5.41, 5.74) is -0.750. The summed E-state index contributed by atoms with van der Waals surface area (Å²) < 4.78 is 59.6. The Balaban J connectivity index is 1.77. The van der Waals surface area contributed by atoms with Gasteiger partial charge in [0.1, 0.15) is 11.5 Å². The molecule has 0 radical (unpaired) electrons. The zero-order valence-corrected chi connectivity index (χ0v) is 16.0. The van der Waals surface area contributed by atoms with Crippen LogP contribution in [0.5, 0.6) is 5.75 Å². The highest BCUT2D eigenvalue weighted by molar-refractivity contribution is 5.92. The molecule has 2 aromatic rings. The number of rotatable bonds is 6. The zero-order valence-electron chi connectivity index (χ0n) is 16.0. The zero-order chi connectivity index (χ0) is 22.6. The second-order valence-corrected chi connectivity index (χ2v) is 6.85. The molecule has 0 bridgehead atoms. The summed E-state index contributed by atoms with van der Waals surface area (Å²) >= 11 is 0. The molecule has 1 aromatic carbocycles. The van der Waals surface area contributed by atoms with Crippen LogP contribution in [0.4, 0.5) is 17.6 Å². The van der Waals surface area contributed by atoms with Crippen LogP contribution in [-0.2, 0) is 4.74 Å². The third-order valence-corrected chi connectivity index (χ3v) is 4.67. The molecule has 1 aliphatic rings. The number of amides is 1. The lowest BCUT2D eigenvalue weighted by molar-refractivity contribution is -0.275. The number of hydrogen-bond acceptors (Lipinski definition) is 6. The van der Waals surface area contributed by atoms with Gasteiger partial charge in [0, 0.05) is 25.2 Å². The van der Waals surface area contributed by atoms with Gasteiger partial charge in [0.2, 0.25) is 0 Å². The van der Waals surface area contributed by atoms with Crippen LogP contribution in [0.3, 0.4) is 0 Å². The third kappa shape index (κ3) is 6.01. The van der Waals surface area contributed by atoms with Gasteiger partial charge in [-0.05, 0) is 30.5 Å². The maximum atomic E-state index is 14.0. The number of aromatic amines is 1. The van der Waals surface area contributed by atoms with Crippen LogP contribution in [-0.4, -0.2) is 47.2 Å². The average molecular weight is 445 g/mol. The van der Waals surface area contributed by atoms with Crippen LogP contribution in [0, 0.1) is 5.82 Å². The smallest absolute Gasteiger partial charge is 0.403 e. The first-order valence-electron chi connectivity index (χ1n) is 9.32. The highest BCUT2D eigenvalue weighted by Crippen LogP contribution is 2.28. The number of aliphatic hydroxyl groups excluding tert-OH is 1. The van der Waals surface area contributed by atoms with E-state index < -0.39 is 42.0 Å². The van der Waals surface area contributed by atoms with Crippen molar-refractivity contribution in [1.82, 2.24) is 15.3 Å². The molecule has 0 aliphatic carbocycles. The highest BCUT2D eigenvalue weighted by atomic mass is 19.4. The van der Waals surface area contributed by atoms with E-state index in [1.165, 1.54) is 0 Å². The lowest BCUT2D eigenvalue weighted by Crippen LogP contribution is -2.33. The Morgan fingerprint density at radius 3 is 2.65 bits per heavy atom. The molecular weight excluding hydrogens is 426 g/mol. The molecule has 1 unspecified atom stereocenters. The van der Waals surface area contributed by atoms with Crippen molar-refractivity contribution in [2.75, 3.05) is 19.8 Å². The lowest BCUT2D eigenvalue weighted by atomic mass is 9.99.